The van der Waals surface area contributed by atoms with Crippen molar-refractivity contribution < 1.29 is 19.1 Å². The van der Waals surface area contributed by atoms with Crippen molar-refractivity contribution in [2.75, 3.05) is 33.0 Å². The fraction of sp³-hybridized carbons (Fsp3) is 0.250. The maximum atomic E-state index is 12.1. The molecule has 2 amide bonds. The fourth-order valence-corrected chi connectivity index (χ4v) is 2.77. The van der Waals surface area contributed by atoms with Crippen molar-refractivity contribution in [1.82, 2.24) is 10.3 Å². The van der Waals surface area contributed by atoms with Crippen LogP contribution in [-0.4, -0.2) is 50.2 Å². The minimum absolute atomic E-state index is 0.114. The highest BCUT2D eigenvalue weighted by Gasteiger charge is 2.14. The van der Waals surface area contributed by atoms with Crippen molar-refractivity contribution in [1.29, 1.82) is 0 Å². The molecule has 0 radical (unpaired) electrons. The van der Waals surface area contributed by atoms with E-state index in [0.717, 1.165) is 0 Å². The number of hydrogen-bond donors (Lipinski definition) is 2. The van der Waals surface area contributed by atoms with Crippen LogP contribution in [0.1, 0.15) is 22.8 Å². The molecular formula is C20H23BrN4O4. The zero-order chi connectivity index (χ0) is 21.4. The molecule has 0 aliphatic heterocycles. The average molecular weight is 463 g/mol. The van der Waals surface area contributed by atoms with Gasteiger partial charge in [-0.1, -0.05) is 0 Å². The number of nitrogen functional groups attached to an aromatic ring is 1. The zero-order valence-electron chi connectivity index (χ0n) is 16.4. The molecule has 9 heteroatoms. The van der Waals surface area contributed by atoms with Crippen LogP contribution in [0.5, 0.6) is 11.5 Å². The van der Waals surface area contributed by atoms with Gasteiger partial charge in [-0.05, 0) is 64.8 Å². The number of benzene rings is 2. The van der Waals surface area contributed by atoms with E-state index < -0.39 is 0 Å². The SMILES string of the molecule is CCOc1cc(/C=N\NC(=O)c2ccc(N)cc2)cc(Br)c1OCC(=O)N(C)C. The molecule has 0 unspecified atom stereocenters. The molecular weight excluding hydrogens is 440 g/mol. The quantitative estimate of drug-likeness (QED) is 0.356. The molecule has 0 fully saturated rings. The van der Waals surface area contributed by atoms with Gasteiger partial charge in [0.15, 0.2) is 18.1 Å². The molecule has 0 aromatic heterocycles. The normalized spacial score (nSPS) is 10.6. The molecule has 154 valence electrons. The van der Waals surface area contributed by atoms with Crippen LogP contribution in [0.4, 0.5) is 5.69 Å². The number of likely N-dealkylation sites (N-methyl/N-ethyl adjacent to an activating group) is 1. The smallest absolute Gasteiger partial charge is 0.271 e. The lowest BCUT2D eigenvalue weighted by Gasteiger charge is -2.16. The summed E-state index contributed by atoms with van der Waals surface area (Å²) in [7, 11) is 3.31. The summed E-state index contributed by atoms with van der Waals surface area (Å²) in [5.74, 6) is 0.354. The molecule has 0 aliphatic rings. The maximum Gasteiger partial charge on any atom is 0.271 e. The number of carbonyl (C=O) groups excluding carboxylic acids is 2. The minimum atomic E-state index is -0.354. The van der Waals surface area contributed by atoms with Gasteiger partial charge in [0.2, 0.25) is 0 Å². The van der Waals surface area contributed by atoms with Crippen molar-refractivity contribution in [3.63, 3.8) is 0 Å². The summed E-state index contributed by atoms with van der Waals surface area (Å²) in [6.07, 6.45) is 1.48. The average Bonchev–Trinajstić information content (AvgIpc) is 2.67. The first kappa shape index (κ1) is 22.2. The van der Waals surface area contributed by atoms with E-state index in [1.54, 1.807) is 50.5 Å². The van der Waals surface area contributed by atoms with Gasteiger partial charge in [0.05, 0.1) is 17.3 Å². The molecule has 0 heterocycles. The molecule has 2 aromatic rings. The number of nitrogens with two attached hydrogens (primary N) is 1. The molecule has 2 rings (SSSR count). The Morgan fingerprint density at radius 2 is 1.90 bits per heavy atom. The van der Waals surface area contributed by atoms with Crippen LogP contribution in [0.2, 0.25) is 0 Å². The van der Waals surface area contributed by atoms with Crippen molar-refractivity contribution in [2.45, 2.75) is 6.92 Å². The van der Waals surface area contributed by atoms with E-state index in [1.165, 1.54) is 11.1 Å². The second-order valence-corrected chi connectivity index (χ2v) is 7.02. The molecule has 8 nitrogen and oxygen atoms in total. The monoisotopic (exact) mass is 462 g/mol. The number of hydrogen-bond acceptors (Lipinski definition) is 6. The number of anilines is 1. The molecule has 0 saturated heterocycles. The summed E-state index contributed by atoms with van der Waals surface area (Å²) in [6.45, 7) is 2.14. The summed E-state index contributed by atoms with van der Waals surface area (Å²) in [6, 6.07) is 9.98. The van der Waals surface area contributed by atoms with E-state index in [9.17, 15) is 9.59 Å². The van der Waals surface area contributed by atoms with Crippen LogP contribution in [0.15, 0.2) is 46.0 Å². The third-order valence-corrected chi connectivity index (χ3v) is 4.31. The van der Waals surface area contributed by atoms with E-state index in [4.69, 9.17) is 15.2 Å². The summed E-state index contributed by atoms with van der Waals surface area (Å²) >= 11 is 3.43. The summed E-state index contributed by atoms with van der Waals surface area (Å²) < 4.78 is 11.8. The Kier molecular flexibility index (Phi) is 8.02. The van der Waals surface area contributed by atoms with Crippen LogP contribution in [0, 0.1) is 0 Å². The van der Waals surface area contributed by atoms with E-state index in [-0.39, 0.29) is 18.4 Å². The third kappa shape index (κ3) is 6.49. The first-order valence-corrected chi connectivity index (χ1v) is 9.59. The second kappa shape index (κ2) is 10.5. The van der Waals surface area contributed by atoms with Gasteiger partial charge < -0.3 is 20.1 Å². The van der Waals surface area contributed by atoms with Gasteiger partial charge in [-0.15, -0.1) is 0 Å². The Labute approximate surface area is 177 Å². The number of hydrazone groups is 1. The van der Waals surface area contributed by atoms with Gasteiger partial charge in [0.1, 0.15) is 0 Å². The highest BCUT2D eigenvalue weighted by molar-refractivity contribution is 9.10. The van der Waals surface area contributed by atoms with E-state index in [0.29, 0.717) is 39.4 Å². The van der Waals surface area contributed by atoms with Crippen LogP contribution in [0.3, 0.4) is 0 Å². The number of nitrogens with one attached hydrogen (secondary N) is 1. The third-order valence-electron chi connectivity index (χ3n) is 3.72. The fourth-order valence-electron chi connectivity index (χ4n) is 2.19. The Morgan fingerprint density at radius 1 is 1.21 bits per heavy atom. The molecule has 0 spiro atoms. The standard InChI is InChI=1S/C20H23BrN4O4/c1-4-28-17-10-13(9-16(21)19(17)29-12-18(26)25(2)3)11-23-24-20(27)14-5-7-15(22)8-6-14/h5-11H,4,12,22H2,1-3H3,(H,24,27)/b23-11-. The predicted octanol–water partition coefficient (Wildman–Crippen LogP) is 2.66. The van der Waals surface area contributed by atoms with E-state index in [2.05, 4.69) is 26.5 Å². The van der Waals surface area contributed by atoms with E-state index in [1.807, 2.05) is 6.92 Å². The lowest BCUT2D eigenvalue weighted by atomic mass is 10.2. The largest absolute Gasteiger partial charge is 0.490 e. The second-order valence-electron chi connectivity index (χ2n) is 6.16. The summed E-state index contributed by atoms with van der Waals surface area (Å²) in [5.41, 5.74) is 9.76. The zero-order valence-corrected chi connectivity index (χ0v) is 18.0. The Morgan fingerprint density at radius 3 is 2.52 bits per heavy atom. The van der Waals surface area contributed by atoms with Crippen molar-refractivity contribution >= 4 is 39.6 Å². The number of nitrogens with zero attached hydrogens (tertiary/aromatic N) is 2. The number of amides is 2. The molecule has 2 aromatic carbocycles. The number of carbonyl (C=O) groups is 2. The Bertz CT molecular complexity index is 898. The lowest BCUT2D eigenvalue weighted by Crippen LogP contribution is -2.27. The van der Waals surface area contributed by atoms with E-state index >= 15 is 0 Å². The van der Waals surface area contributed by atoms with Crippen LogP contribution in [-0.2, 0) is 4.79 Å². The molecule has 29 heavy (non-hydrogen) atoms. The van der Waals surface area contributed by atoms with Crippen LogP contribution >= 0.6 is 15.9 Å². The topological polar surface area (TPSA) is 106 Å². The number of ether oxygens (including phenoxy) is 2. The first-order valence-electron chi connectivity index (χ1n) is 8.80. The highest BCUT2D eigenvalue weighted by Crippen LogP contribution is 2.36. The van der Waals surface area contributed by atoms with Gasteiger partial charge in [0.25, 0.3) is 11.8 Å². The first-order chi connectivity index (χ1) is 13.8. The highest BCUT2D eigenvalue weighted by atomic mass is 79.9. The molecule has 0 saturated carbocycles. The van der Waals surface area contributed by atoms with Crippen molar-refractivity contribution in [3.8, 4) is 11.5 Å². The number of halogens is 1. The van der Waals surface area contributed by atoms with Crippen molar-refractivity contribution in [2.24, 2.45) is 5.10 Å². The molecule has 0 bridgehead atoms. The van der Waals surface area contributed by atoms with Crippen molar-refractivity contribution in [3.05, 3.63) is 52.0 Å². The van der Waals surface area contributed by atoms with Crippen LogP contribution < -0.4 is 20.6 Å². The van der Waals surface area contributed by atoms with Gasteiger partial charge in [-0.2, -0.15) is 5.10 Å². The number of rotatable bonds is 8. The summed E-state index contributed by atoms with van der Waals surface area (Å²) in [4.78, 5) is 25.3. The minimum Gasteiger partial charge on any atom is -0.490 e. The predicted molar refractivity (Wildman–Crippen MR) is 115 cm³/mol. The van der Waals surface area contributed by atoms with Gasteiger partial charge >= 0.3 is 0 Å². The molecule has 0 atom stereocenters. The maximum absolute atomic E-state index is 12.1. The summed E-state index contributed by atoms with van der Waals surface area (Å²) in [5, 5.41) is 3.98. The molecule has 0 aliphatic carbocycles. The molecule has 3 N–H and O–H groups in total. The Balaban J connectivity index is 2.12. The Hall–Kier alpha value is -3.07. The van der Waals surface area contributed by atoms with Gasteiger partial charge in [-0.3, -0.25) is 9.59 Å². The van der Waals surface area contributed by atoms with Crippen LogP contribution in [0.25, 0.3) is 0 Å². The van der Waals surface area contributed by atoms with Gasteiger partial charge in [-0.25, -0.2) is 5.43 Å². The lowest BCUT2D eigenvalue weighted by molar-refractivity contribution is -0.130. The van der Waals surface area contributed by atoms with Gasteiger partial charge in [0, 0.05) is 25.3 Å².